The van der Waals surface area contributed by atoms with Crippen molar-refractivity contribution in [2.45, 2.75) is 13.0 Å². The lowest BCUT2D eigenvalue weighted by molar-refractivity contribution is 0.174. The molecule has 1 aliphatic rings. The number of hydrogen-bond donors (Lipinski definition) is 2. The summed E-state index contributed by atoms with van der Waals surface area (Å²) in [6.45, 7) is 0.567. The van der Waals surface area contributed by atoms with Crippen molar-refractivity contribution in [3.05, 3.63) is 84.0 Å². The lowest BCUT2D eigenvalue weighted by atomic mass is 10.1. The van der Waals surface area contributed by atoms with E-state index in [1.54, 1.807) is 12.4 Å². The molecule has 2 aromatic carbocycles. The summed E-state index contributed by atoms with van der Waals surface area (Å²) in [6, 6.07) is 16.4. The summed E-state index contributed by atoms with van der Waals surface area (Å²) in [5.41, 5.74) is 3.26. The molecular formula is C23H19N5O4. The highest BCUT2D eigenvalue weighted by Crippen LogP contribution is 2.32. The molecule has 0 atom stereocenters. The van der Waals surface area contributed by atoms with Gasteiger partial charge in [0.1, 0.15) is 0 Å². The molecule has 0 aliphatic carbocycles. The third-order valence-corrected chi connectivity index (χ3v) is 4.90. The number of carbonyl (C=O) groups is 1. The summed E-state index contributed by atoms with van der Waals surface area (Å²) < 4.78 is 16.1. The van der Waals surface area contributed by atoms with Crippen molar-refractivity contribution < 1.29 is 18.8 Å². The van der Waals surface area contributed by atoms with E-state index in [1.165, 1.54) is 0 Å². The van der Waals surface area contributed by atoms with Crippen molar-refractivity contribution in [3.63, 3.8) is 0 Å². The van der Waals surface area contributed by atoms with Gasteiger partial charge in [-0.2, -0.15) is 4.98 Å². The molecule has 2 N–H and O–H groups in total. The van der Waals surface area contributed by atoms with Crippen LogP contribution in [0.3, 0.4) is 0 Å². The number of nitrogens with zero attached hydrogens (tertiary/aromatic N) is 3. The number of pyridine rings is 1. The Hall–Kier alpha value is -4.40. The van der Waals surface area contributed by atoms with Crippen molar-refractivity contribution in [2.75, 3.05) is 12.1 Å². The molecule has 160 valence electrons. The van der Waals surface area contributed by atoms with E-state index in [-0.39, 0.29) is 12.8 Å². The monoisotopic (exact) mass is 429 g/mol. The van der Waals surface area contributed by atoms with E-state index >= 15 is 0 Å². The first-order valence-electron chi connectivity index (χ1n) is 9.99. The number of amides is 2. The fourth-order valence-electron chi connectivity index (χ4n) is 3.30. The Morgan fingerprint density at radius 2 is 1.84 bits per heavy atom. The molecule has 4 aromatic rings. The maximum Gasteiger partial charge on any atom is 0.319 e. The summed E-state index contributed by atoms with van der Waals surface area (Å²) in [7, 11) is 0. The highest BCUT2D eigenvalue weighted by molar-refractivity contribution is 5.90. The van der Waals surface area contributed by atoms with Gasteiger partial charge in [0, 0.05) is 30.2 Å². The number of nitrogens with one attached hydrogen (secondary N) is 2. The summed E-state index contributed by atoms with van der Waals surface area (Å²) in [5.74, 6) is 2.34. The van der Waals surface area contributed by atoms with Crippen LogP contribution in [-0.4, -0.2) is 27.9 Å². The lowest BCUT2D eigenvalue weighted by Gasteiger charge is -2.11. The zero-order valence-corrected chi connectivity index (χ0v) is 16.9. The number of fused-ring (bicyclic) bond motifs is 1. The number of anilines is 1. The number of rotatable bonds is 6. The molecule has 0 saturated carbocycles. The molecule has 9 heteroatoms. The molecule has 2 amide bonds. The zero-order valence-electron chi connectivity index (χ0n) is 16.9. The number of benzene rings is 2. The maximum atomic E-state index is 12.5. The minimum atomic E-state index is -0.321. The molecule has 3 heterocycles. The van der Waals surface area contributed by atoms with Gasteiger partial charge in [-0.25, -0.2) is 4.79 Å². The number of para-hydroxylation sites is 1. The van der Waals surface area contributed by atoms with Crippen molar-refractivity contribution in [3.8, 4) is 22.9 Å². The number of urea groups is 1. The van der Waals surface area contributed by atoms with E-state index in [0.717, 1.165) is 16.7 Å². The average Bonchev–Trinajstić information content (AvgIpc) is 3.49. The Morgan fingerprint density at radius 1 is 1.00 bits per heavy atom. The second-order valence-electron chi connectivity index (χ2n) is 7.08. The topological polar surface area (TPSA) is 111 Å². The quantitative estimate of drug-likeness (QED) is 0.480. The third-order valence-electron chi connectivity index (χ3n) is 4.90. The molecular weight excluding hydrogens is 410 g/mol. The van der Waals surface area contributed by atoms with Gasteiger partial charge in [-0.3, -0.25) is 4.98 Å². The molecule has 32 heavy (non-hydrogen) atoms. The van der Waals surface area contributed by atoms with Gasteiger partial charge in [0.15, 0.2) is 11.5 Å². The zero-order chi connectivity index (χ0) is 21.8. The van der Waals surface area contributed by atoms with Crippen LogP contribution in [-0.2, 0) is 13.0 Å². The second-order valence-corrected chi connectivity index (χ2v) is 7.08. The SMILES string of the molecule is O=C(NCc1ccc2c(c1)OCO2)Nc1ccccc1Cc1nc(-c2ccncc2)no1. The van der Waals surface area contributed by atoms with E-state index in [0.29, 0.717) is 41.9 Å². The van der Waals surface area contributed by atoms with Crippen LogP contribution < -0.4 is 20.1 Å². The largest absolute Gasteiger partial charge is 0.454 e. The predicted molar refractivity (Wildman–Crippen MR) is 115 cm³/mol. The highest BCUT2D eigenvalue weighted by atomic mass is 16.7. The molecule has 0 radical (unpaired) electrons. The summed E-state index contributed by atoms with van der Waals surface area (Å²) in [6.07, 6.45) is 3.73. The van der Waals surface area contributed by atoms with E-state index in [2.05, 4.69) is 25.8 Å². The Morgan fingerprint density at radius 3 is 2.75 bits per heavy atom. The molecule has 2 aromatic heterocycles. The first kappa shape index (κ1) is 19.6. The first-order chi connectivity index (χ1) is 15.7. The van der Waals surface area contributed by atoms with E-state index < -0.39 is 0 Å². The normalized spacial score (nSPS) is 11.9. The van der Waals surface area contributed by atoms with Crippen LogP contribution >= 0.6 is 0 Å². The standard InChI is InChI=1S/C23H19N5O4/c29-23(25-13-15-5-6-19-20(11-15)31-14-30-19)26-18-4-2-1-3-17(18)12-21-27-22(28-32-21)16-7-9-24-10-8-16/h1-11H,12-14H2,(H2,25,26,29). The molecule has 9 nitrogen and oxygen atoms in total. The molecule has 0 bridgehead atoms. The minimum absolute atomic E-state index is 0.216. The van der Waals surface area contributed by atoms with Gasteiger partial charge in [0.05, 0.1) is 6.42 Å². The van der Waals surface area contributed by atoms with Crippen molar-refractivity contribution in [1.29, 1.82) is 0 Å². The van der Waals surface area contributed by atoms with Gasteiger partial charge >= 0.3 is 6.03 Å². The fraction of sp³-hybridized carbons (Fsp3) is 0.130. The van der Waals surface area contributed by atoms with Gasteiger partial charge < -0.3 is 24.6 Å². The van der Waals surface area contributed by atoms with E-state index in [1.807, 2.05) is 54.6 Å². The Kier molecular flexibility index (Phi) is 5.36. The van der Waals surface area contributed by atoms with Gasteiger partial charge in [0.25, 0.3) is 0 Å². The van der Waals surface area contributed by atoms with Crippen molar-refractivity contribution >= 4 is 11.7 Å². The lowest BCUT2D eigenvalue weighted by Crippen LogP contribution is -2.28. The third kappa shape index (κ3) is 4.36. The Labute approximate surface area is 183 Å². The average molecular weight is 429 g/mol. The Balaban J connectivity index is 1.23. The first-order valence-corrected chi connectivity index (χ1v) is 9.99. The Bertz CT molecular complexity index is 1240. The van der Waals surface area contributed by atoms with Gasteiger partial charge in [-0.05, 0) is 41.5 Å². The summed E-state index contributed by atoms with van der Waals surface area (Å²) in [4.78, 5) is 20.9. The van der Waals surface area contributed by atoms with Crippen LogP contribution in [0.2, 0.25) is 0 Å². The van der Waals surface area contributed by atoms with Crippen LogP contribution in [0, 0.1) is 0 Å². The minimum Gasteiger partial charge on any atom is -0.454 e. The second kappa shape index (κ2) is 8.76. The van der Waals surface area contributed by atoms with Crippen molar-refractivity contribution in [2.24, 2.45) is 0 Å². The molecule has 1 aliphatic heterocycles. The molecule has 0 fully saturated rings. The molecule has 0 saturated heterocycles. The number of carbonyl (C=O) groups excluding carboxylic acids is 1. The number of aromatic nitrogens is 3. The van der Waals surface area contributed by atoms with E-state index in [9.17, 15) is 4.79 Å². The van der Waals surface area contributed by atoms with Crippen LogP contribution in [0.25, 0.3) is 11.4 Å². The highest BCUT2D eigenvalue weighted by Gasteiger charge is 2.15. The molecule has 0 unspecified atom stereocenters. The van der Waals surface area contributed by atoms with Crippen molar-refractivity contribution in [1.82, 2.24) is 20.4 Å². The van der Waals surface area contributed by atoms with Crippen LogP contribution in [0.1, 0.15) is 17.0 Å². The van der Waals surface area contributed by atoms with Crippen LogP contribution in [0.5, 0.6) is 11.5 Å². The van der Waals surface area contributed by atoms with Gasteiger partial charge in [-0.15, -0.1) is 0 Å². The predicted octanol–water partition coefficient (Wildman–Crippen LogP) is 3.77. The van der Waals surface area contributed by atoms with Gasteiger partial charge in [-0.1, -0.05) is 29.4 Å². The van der Waals surface area contributed by atoms with Crippen LogP contribution in [0.15, 0.2) is 71.5 Å². The molecule has 0 spiro atoms. The smallest absolute Gasteiger partial charge is 0.319 e. The number of ether oxygens (including phenoxy) is 2. The summed E-state index contributed by atoms with van der Waals surface area (Å²) >= 11 is 0. The maximum absolute atomic E-state index is 12.5. The van der Waals surface area contributed by atoms with Crippen LogP contribution in [0.4, 0.5) is 10.5 Å². The van der Waals surface area contributed by atoms with E-state index in [4.69, 9.17) is 14.0 Å². The fourth-order valence-corrected chi connectivity index (χ4v) is 3.30. The number of hydrogen-bond acceptors (Lipinski definition) is 7. The summed E-state index contributed by atoms with van der Waals surface area (Å²) in [5, 5.41) is 9.77. The van der Waals surface area contributed by atoms with Gasteiger partial charge in [0.2, 0.25) is 18.5 Å². The molecule has 5 rings (SSSR count).